The molecule has 124 valence electrons. The third-order valence-corrected chi connectivity index (χ3v) is 4.41. The maximum atomic E-state index is 13.2. The van der Waals surface area contributed by atoms with Crippen LogP contribution in [0.15, 0.2) is 47.3 Å². The SMILES string of the molecule is C/C=C/c1cccc2c3ccc(OC)cc3c(=O)n(CCCC)c12. The number of aryl methyl sites for hydroxylation is 1. The molecular formula is C21H23NO2. The molecule has 0 atom stereocenters. The third kappa shape index (κ3) is 2.71. The predicted octanol–water partition coefficient (Wildman–Crippen LogP) is 5.00. The Balaban J connectivity index is 2.48. The first kappa shape index (κ1) is 16.3. The monoisotopic (exact) mass is 321 g/mol. The first-order valence-corrected chi connectivity index (χ1v) is 8.47. The normalized spacial score (nSPS) is 11.6. The topological polar surface area (TPSA) is 31.2 Å². The van der Waals surface area contributed by atoms with Gasteiger partial charge in [0, 0.05) is 11.9 Å². The van der Waals surface area contributed by atoms with Gasteiger partial charge in [-0.15, -0.1) is 0 Å². The molecule has 0 fully saturated rings. The Morgan fingerprint density at radius 3 is 2.67 bits per heavy atom. The smallest absolute Gasteiger partial charge is 0.259 e. The molecule has 0 spiro atoms. The van der Waals surface area contributed by atoms with Gasteiger partial charge in [-0.3, -0.25) is 4.79 Å². The average Bonchev–Trinajstić information content (AvgIpc) is 2.62. The number of para-hydroxylation sites is 1. The van der Waals surface area contributed by atoms with Crippen LogP contribution in [0.3, 0.4) is 0 Å². The number of unbranched alkanes of at least 4 members (excludes halogenated alkanes) is 1. The van der Waals surface area contributed by atoms with Gasteiger partial charge in [0.15, 0.2) is 0 Å². The van der Waals surface area contributed by atoms with Crippen molar-refractivity contribution in [3.05, 3.63) is 58.4 Å². The lowest BCUT2D eigenvalue weighted by atomic mass is 10.0. The second-order valence-electron chi connectivity index (χ2n) is 5.97. The summed E-state index contributed by atoms with van der Waals surface area (Å²) in [6.45, 7) is 4.87. The Labute approximate surface area is 142 Å². The minimum absolute atomic E-state index is 0.0572. The van der Waals surface area contributed by atoms with Gasteiger partial charge in [-0.2, -0.15) is 0 Å². The molecule has 1 heterocycles. The van der Waals surface area contributed by atoms with E-state index in [2.05, 4.69) is 31.2 Å². The molecule has 0 aliphatic rings. The van der Waals surface area contributed by atoms with Gasteiger partial charge in [0.05, 0.1) is 18.0 Å². The highest BCUT2D eigenvalue weighted by Gasteiger charge is 2.13. The van der Waals surface area contributed by atoms with Crippen molar-refractivity contribution < 1.29 is 4.74 Å². The van der Waals surface area contributed by atoms with Crippen LogP contribution in [0.25, 0.3) is 27.8 Å². The van der Waals surface area contributed by atoms with Gasteiger partial charge in [-0.1, -0.05) is 43.7 Å². The van der Waals surface area contributed by atoms with Gasteiger partial charge < -0.3 is 9.30 Å². The molecule has 0 N–H and O–H groups in total. The molecule has 0 aliphatic carbocycles. The van der Waals surface area contributed by atoms with Crippen LogP contribution in [0.4, 0.5) is 0 Å². The summed E-state index contributed by atoms with van der Waals surface area (Å²) >= 11 is 0. The molecule has 0 unspecified atom stereocenters. The van der Waals surface area contributed by atoms with Crippen LogP contribution in [0.2, 0.25) is 0 Å². The summed E-state index contributed by atoms with van der Waals surface area (Å²) in [7, 11) is 1.63. The van der Waals surface area contributed by atoms with Gasteiger partial charge in [-0.25, -0.2) is 0 Å². The molecule has 2 aromatic carbocycles. The zero-order valence-electron chi connectivity index (χ0n) is 14.5. The van der Waals surface area contributed by atoms with Crippen molar-refractivity contribution in [3.8, 4) is 5.75 Å². The number of rotatable bonds is 5. The van der Waals surface area contributed by atoms with Crippen LogP contribution in [0.1, 0.15) is 32.3 Å². The van der Waals surface area contributed by atoms with E-state index < -0.39 is 0 Å². The fourth-order valence-corrected chi connectivity index (χ4v) is 3.23. The highest BCUT2D eigenvalue weighted by molar-refractivity contribution is 6.08. The number of ether oxygens (including phenoxy) is 1. The molecule has 0 bridgehead atoms. The Morgan fingerprint density at radius 2 is 1.96 bits per heavy atom. The van der Waals surface area contributed by atoms with Crippen LogP contribution in [-0.2, 0) is 6.54 Å². The summed E-state index contributed by atoms with van der Waals surface area (Å²) in [5, 5.41) is 2.81. The second-order valence-corrected chi connectivity index (χ2v) is 5.97. The molecule has 0 saturated heterocycles. The minimum atomic E-state index is 0.0572. The van der Waals surface area contributed by atoms with Crippen LogP contribution in [0.5, 0.6) is 5.75 Å². The number of aromatic nitrogens is 1. The number of benzene rings is 2. The van der Waals surface area contributed by atoms with Crippen molar-refractivity contribution >= 4 is 27.8 Å². The van der Waals surface area contributed by atoms with E-state index in [1.165, 1.54) is 0 Å². The fraction of sp³-hybridized carbons (Fsp3) is 0.286. The van der Waals surface area contributed by atoms with E-state index in [1.807, 2.05) is 35.8 Å². The number of nitrogens with zero attached hydrogens (tertiary/aromatic N) is 1. The molecule has 0 aliphatic heterocycles. The lowest BCUT2D eigenvalue weighted by Crippen LogP contribution is -2.21. The molecule has 3 heteroatoms. The fourth-order valence-electron chi connectivity index (χ4n) is 3.23. The Hall–Kier alpha value is -2.55. The van der Waals surface area contributed by atoms with Crippen molar-refractivity contribution in [1.82, 2.24) is 4.57 Å². The maximum Gasteiger partial charge on any atom is 0.259 e. The largest absolute Gasteiger partial charge is 0.497 e. The van der Waals surface area contributed by atoms with Crippen LogP contribution >= 0.6 is 0 Å². The number of allylic oxidation sites excluding steroid dienone is 1. The van der Waals surface area contributed by atoms with Crippen LogP contribution in [-0.4, -0.2) is 11.7 Å². The Kier molecular flexibility index (Phi) is 4.70. The number of hydrogen-bond acceptors (Lipinski definition) is 2. The minimum Gasteiger partial charge on any atom is -0.497 e. The average molecular weight is 321 g/mol. The maximum absolute atomic E-state index is 13.2. The van der Waals surface area contributed by atoms with Crippen LogP contribution < -0.4 is 10.3 Å². The zero-order valence-corrected chi connectivity index (χ0v) is 14.5. The van der Waals surface area contributed by atoms with E-state index in [0.29, 0.717) is 5.75 Å². The van der Waals surface area contributed by atoms with Crippen molar-refractivity contribution in [3.63, 3.8) is 0 Å². The van der Waals surface area contributed by atoms with Gasteiger partial charge in [0.25, 0.3) is 5.56 Å². The first-order chi connectivity index (χ1) is 11.7. The molecule has 1 aromatic heterocycles. The van der Waals surface area contributed by atoms with Crippen molar-refractivity contribution in [1.29, 1.82) is 0 Å². The summed E-state index contributed by atoms with van der Waals surface area (Å²) < 4.78 is 7.24. The number of methoxy groups -OCH3 is 1. The number of hydrogen-bond donors (Lipinski definition) is 0. The lowest BCUT2D eigenvalue weighted by molar-refractivity contribution is 0.415. The van der Waals surface area contributed by atoms with E-state index in [1.54, 1.807) is 7.11 Å². The highest BCUT2D eigenvalue weighted by Crippen LogP contribution is 2.28. The van der Waals surface area contributed by atoms with E-state index in [4.69, 9.17) is 4.74 Å². The Morgan fingerprint density at radius 1 is 1.12 bits per heavy atom. The molecule has 24 heavy (non-hydrogen) atoms. The molecule has 0 saturated carbocycles. The van der Waals surface area contributed by atoms with E-state index in [-0.39, 0.29) is 5.56 Å². The van der Waals surface area contributed by atoms with Crippen molar-refractivity contribution in [2.45, 2.75) is 33.2 Å². The Bertz CT molecular complexity index is 967. The van der Waals surface area contributed by atoms with E-state index in [9.17, 15) is 4.79 Å². The summed E-state index contributed by atoms with van der Waals surface area (Å²) in [5.41, 5.74) is 2.16. The molecular weight excluding hydrogens is 298 g/mol. The molecule has 3 nitrogen and oxygen atoms in total. The van der Waals surface area contributed by atoms with Crippen molar-refractivity contribution in [2.24, 2.45) is 0 Å². The number of fused-ring (bicyclic) bond motifs is 3. The summed E-state index contributed by atoms with van der Waals surface area (Å²) in [4.78, 5) is 13.2. The summed E-state index contributed by atoms with van der Waals surface area (Å²) in [6, 6.07) is 12.0. The molecule has 3 rings (SSSR count). The van der Waals surface area contributed by atoms with Gasteiger partial charge >= 0.3 is 0 Å². The summed E-state index contributed by atoms with van der Waals surface area (Å²) in [6.07, 6.45) is 6.12. The van der Waals surface area contributed by atoms with E-state index >= 15 is 0 Å². The zero-order chi connectivity index (χ0) is 17.1. The second kappa shape index (κ2) is 6.91. The first-order valence-electron chi connectivity index (χ1n) is 8.47. The molecule has 0 amide bonds. The third-order valence-electron chi connectivity index (χ3n) is 4.41. The van der Waals surface area contributed by atoms with Gasteiger partial charge in [0.1, 0.15) is 5.75 Å². The van der Waals surface area contributed by atoms with Gasteiger partial charge in [0.2, 0.25) is 0 Å². The van der Waals surface area contributed by atoms with Crippen molar-refractivity contribution in [2.75, 3.05) is 7.11 Å². The highest BCUT2D eigenvalue weighted by atomic mass is 16.5. The van der Waals surface area contributed by atoms with E-state index in [0.717, 1.165) is 46.6 Å². The molecule has 0 radical (unpaired) electrons. The van der Waals surface area contributed by atoms with Crippen LogP contribution in [0, 0.1) is 0 Å². The van der Waals surface area contributed by atoms with Gasteiger partial charge in [-0.05, 0) is 42.5 Å². The molecule has 3 aromatic rings. The standard InChI is InChI=1S/C21H23NO2/c1-4-6-13-22-20-15(8-5-2)9-7-10-18(20)17-12-11-16(24-3)14-19(17)21(22)23/h5,7-12,14H,4,6,13H2,1-3H3/b8-5+. The quantitative estimate of drug-likeness (QED) is 0.619. The number of pyridine rings is 1. The predicted molar refractivity (Wildman–Crippen MR) is 102 cm³/mol. The lowest BCUT2D eigenvalue weighted by Gasteiger charge is -2.15. The summed E-state index contributed by atoms with van der Waals surface area (Å²) in [5.74, 6) is 0.714.